The van der Waals surface area contributed by atoms with Crippen LogP contribution in [0.1, 0.15) is 39.8 Å². The van der Waals surface area contributed by atoms with Gasteiger partial charge in [-0.25, -0.2) is 0 Å². The lowest BCUT2D eigenvalue weighted by atomic mass is 9.84. The predicted molar refractivity (Wildman–Crippen MR) is 616 cm³/mol. The molecule has 0 N–H and O–H groups in total. The average Bonchev–Trinajstić information content (AvgIpc) is 0.890. The molecule has 3 heteroatoms. The minimum absolute atomic E-state index is 0.0137. The molecule has 0 spiro atoms. The molecule has 27 aromatic carbocycles. The topological polar surface area (TPSA) is 39.4 Å². The van der Waals surface area contributed by atoms with E-state index in [1.807, 2.05) is 261 Å². The van der Waals surface area contributed by atoms with E-state index in [1.165, 1.54) is 0 Å². The quantitative estimate of drug-likeness (QED) is 0.121. The van der Waals surface area contributed by atoms with E-state index in [1.54, 1.807) is 48.5 Å². The first kappa shape index (κ1) is 59.4. The average molecular weight is 1870 g/mol. The van der Waals surface area contributed by atoms with Crippen LogP contribution >= 0.6 is 0 Å². The smallest absolute Gasteiger partial charge is 0.136 e. The Morgan fingerprint density at radius 2 is 0.366 bits per heavy atom. The summed E-state index contributed by atoms with van der Waals surface area (Å²) in [4.78, 5) is 0. The Hall–Kier alpha value is -19.1. The van der Waals surface area contributed by atoms with Crippen molar-refractivity contribution in [2.45, 2.75) is 0 Å². The molecule has 0 aliphatic carbocycles. The standard InChI is InChI=1S/C52H32O.C48H30O.C42H26O/c1-3-17-37-33(13-1)15-11-24-40(37)50-44-21-7-5-19-42(44)49(43-20-6-8-22-45(43)50)36-29-27-35(28-30-36)39-31-32-48-52(46-23-9-10-26-47(46)53-48)51(39)41-25-12-16-34-14-2-4-18-38(34)41;1-2-14-33(15-3-1)46-36(29-30-44-48(46)42-22-10-11-24-43(42)49-44)32-25-27-34(28-26-32)45-38-18-6-8-20-40(38)47(41-21-9-7-19-39(41)45)37-23-12-16-31-13-4-5-17-35(31)37;1-2-12-31-28(10-1)11-9-18-33(31)42-36-16-5-3-14-34(36)41(35-15-4-6-17-37(35)42)29-22-20-27(21-23-29)30-24-25-40-38(26-30)32-13-7-8-19-39(32)43-40/h1-32H;1-30H;1-26H/i5D,6D,7D,8D,19D,20D,21D,22D;1D,2D,3D,6D,7D,8D,9D,14D,15D,18D,19D,20D,21D;3D,4D,5D,6D,14D,15D,16D,17D. The van der Waals surface area contributed by atoms with Crippen molar-refractivity contribution in [3.8, 4) is 122 Å². The Bertz CT molecular complexity index is 12100. The predicted octanol–water partition coefficient (Wildman–Crippen LogP) is 40.6. The van der Waals surface area contributed by atoms with E-state index in [2.05, 4.69) is 48.5 Å². The Kier molecular flexibility index (Phi) is 14.4. The number of rotatable bonds is 11. The van der Waals surface area contributed by atoms with Crippen LogP contribution in [0.3, 0.4) is 0 Å². The molecule has 0 unspecified atom stereocenters. The highest BCUT2D eigenvalue weighted by Gasteiger charge is 2.27. The summed E-state index contributed by atoms with van der Waals surface area (Å²) in [6.45, 7) is 0. The first-order valence-electron chi connectivity index (χ1n) is 62.0. The van der Waals surface area contributed by atoms with Gasteiger partial charge in [0.05, 0.1) is 39.8 Å². The van der Waals surface area contributed by atoms with E-state index >= 15 is 0 Å². The highest BCUT2D eigenvalue weighted by atomic mass is 16.3. The van der Waals surface area contributed by atoms with Gasteiger partial charge in [0.25, 0.3) is 0 Å². The monoisotopic (exact) mass is 1870 g/mol. The van der Waals surface area contributed by atoms with E-state index in [0.29, 0.717) is 94.3 Å². The zero-order valence-electron chi connectivity index (χ0n) is 106. The molecule has 0 aliphatic heterocycles. The Morgan fingerprint density at radius 3 is 0.724 bits per heavy atom. The van der Waals surface area contributed by atoms with Gasteiger partial charge in [-0.2, -0.15) is 0 Å². The van der Waals surface area contributed by atoms with Gasteiger partial charge >= 0.3 is 0 Å². The first-order chi connectivity index (χ1) is 84.0. The van der Waals surface area contributed by atoms with Crippen LogP contribution in [0.4, 0.5) is 0 Å². The summed E-state index contributed by atoms with van der Waals surface area (Å²) < 4.78 is 280. The molecule has 145 heavy (non-hydrogen) atoms. The fourth-order valence-corrected chi connectivity index (χ4v) is 21.7. The maximum atomic E-state index is 9.44. The summed E-state index contributed by atoms with van der Waals surface area (Å²) in [5, 5.41) is 14.2. The van der Waals surface area contributed by atoms with E-state index in [-0.39, 0.29) is 166 Å². The van der Waals surface area contributed by atoms with Crippen LogP contribution in [0.15, 0.2) is 546 Å². The van der Waals surface area contributed by atoms with Crippen molar-refractivity contribution in [3.05, 3.63) is 533 Å². The van der Waals surface area contributed by atoms with Gasteiger partial charge in [-0.3, -0.25) is 0 Å². The van der Waals surface area contributed by atoms with Crippen molar-refractivity contribution in [1.29, 1.82) is 0 Å². The minimum atomic E-state index is -0.527. The molecular weight excluding hydrogens is 1750 g/mol. The third-order valence-corrected chi connectivity index (χ3v) is 28.1. The fraction of sp³-hybridized carbons (Fsp3) is 0. The van der Waals surface area contributed by atoms with Crippen LogP contribution in [-0.4, -0.2) is 0 Å². The summed E-state index contributed by atoms with van der Waals surface area (Å²) in [5.74, 6) is 0. The molecule has 3 aromatic heterocycles. The van der Waals surface area contributed by atoms with Gasteiger partial charge in [0.2, 0.25) is 0 Å². The number of hydrogen-bond donors (Lipinski definition) is 0. The molecule has 0 saturated heterocycles. The number of hydrogen-bond acceptors (Lipinski definition) is 3. The van der Waals surface area contributed by atoms with Crippen molar-refractivity contribution in [2.75, 3.05) is 0 Å². The Labute approximate surface area is 877 Å². The van der Waals surface area contributed by atoms with Crippen molar-refractivity contribution < 1.29 is 53.0 Å². The van der Waals surface area contributed by atoms with Crippen molar-refractivity contribution in [2.24, 2.45) is 0 Å². The lowest BCUT2D eigenvalue weighted by Crippen LogP contribution is -1.92. The van der Waals surface area contributed by atoms with E-state index in [9.17, 15) is 16.4 Å². The zero-order chi connectivity index (χ0) is 121. The third kappa shape index (κ3) is 14.2. The molecule has 0 atom stereocenters. The van der Waals surface area contributed by atoms with Gasteiger partial charge in [-0.1, -0.05) is 491 Å². The molecule has 674 valence electrons. The highest BCUT2D eigenvalue weighted by Crippen LogP contribution is 2.54. The van der Waals surface area contributed by atoms with Crippen molar-refractivity contribution >= 4 is 174 Å². The third-order valence-electron chi connectivity index (χ3n) is 28.1. The second-order valence-corrected chi connectivity index (χ2v) is 35.8. The molecule has 0 saturated carbocycles. The van der Waals surface area contributed by atoms with Crippen LogP contribution in [0, 0.1) is 0 Å². The fourth-order valence-electron chi connectivity index (χ4n) is 21.7. The van der Waals surface area contributed by atoms with Gasteiger partial charge in [0.1, 0.15) is 33.5 Å². The molecule has 0 radical (unpaired) electrons. The Morgan fingerprint density at radius 1 is 0.124 bits per heavy atom. The van der Waals surface area contributed by atoms with E-state index in [0.717, 1.165) is 120 Å². The lowest BCUT2D eigenvalue weighted by Gasteiger charge is -2.19. The minimum Gasteiger partial charge on any atom is -0.456 e. The summed E-state index contributed by atoms with van der Waals surface area (Å²) in [6, 6.07) is 102. The maximum absolute atomic E-state index is 9.44. The number of furan rings is 3. The number of fused-ring (bicyclic) bond motifs is 19. The summed E-state index contributed by atoms with van der Waals surface area (Å²) in [5.41, 5.74) is 16.3. The van der Waals surface area contributed by atoms with Crippen molar-refractivity contribution in [1.82, 2.24) is 0 Å². The molecule has 30 rings (SSSR count). The van der Waals surface area contributed by atoms with Gasteiger partial charge in [-0.15, -0.1) is 0 Å². The van der Waals surface area contributed by atoms with E-state index in [4.69, 9.17) is 36.6 Å². The van der Waals surface area contributed by atoms with Crippen LogP contribution in [0.25, 0.3) is 296 Å². The SMILES string of the molecule is [2H]c1c([2H])c([2H])c(-c2c(-c3ccc(-c4c5c([2H])c([2H])c([2H])c([2H])c5c(-c5cccc6ccccc56)c5c([2H])c([2H])c([2H])c([2H])c45)cc3)ccc3oc4ccccc4c23)c([2H])c1[2H].[2H]c1c([2H])c([2H])c2c(-c3cccc4ccccc34)c3c([2H])c([2H])c([2H])c([2H])c3c(-c3ccc(-c4ccc5oc6ccccc6c5c4)cc3)c2c1[2H].[2H]c1c([2H])c([2H])c2c(-c3cccc4ccccc34)c3c([2H])c([2H])c([2H])c([2H])c3c(-c3ccc(-c4ccc5oc6ccccc6c5c4-c4cccc5ccccc45)cc3)c2c1[2H]. The molecule has 30 aromatic rings. The maximum Gasteiger partial charge on any atom is 0.136 e. The second kappa shape index (κ2) is 35.1. The highest BCUT2D eigenvalue weighted by molar-refractivity contribution is 6.29. The normalized spacial score (nSPS) is 14.5. The molecule has 3 heterocycles. The molecule has 0 amide bonds. The number of para-hydroxylation sites is 3. The largest absolute Gasteiger partial charge is 0.456 e. The van der Waals surface area contributed by atoms with Crippen LogP contribution in [0.2, 0.25) is 0 Å². The molecule has 0 fully saturated rings. The second-order valence-electron chi connectivity index (χ2n) is 35.8. The summed E-state index contributed by atoms with van der Waals surface area (Å²) in [6.07, 6.45) is 0. The summed E-state index contributed by atoms with van der Waals surface area (Å²) >= 11 is 0. The van der Waals surface area contributed by atoms with Gasteiger partial charge < -0.3 is 13.3 Å². The molecular formula is C142H88O3. The van der Waals surface area contributed by atoms with E-state index < -0.39 is 90.6 Å². The molecule has 3 nitrogen and oxygen atoms in total. The first-order valence-corrected chi connectivity index (χ1v) is 47.5. The summed E-state index contributed by atoms with van der Waals surface area (Å²) in [7, 11) is 0. The molecule has 0 aliphatic rings. The van der Waals surface area contributed by atoms with Crippen LogP contribution < -0.4 is 0 Å². The van der Waals surface area contributed by atoms with Crippen LogP contribution in [0.5, 0.6) is 0 Å². The van der Waals surface area contributed by atoms with Gasteiger partial charge in [0.15, 0.2) is 0 Å². The zero-order valence-corrected chi connectivity index (χ0v) is 76.8. The van der Waals surface area contributed by atoms with Gasteiger partial charge in [-0.05, 0) is 261 Å². The number of benzene rings is 27. The Balaban J connectivity index is 0.000000121. The lowest BCUT2D eigenvalue weighted by molar-refractivity contribution is 0.668. The van der Waals surface area contributed by atoms with Gasteiger partial charge in [0, 0.05) is 43.4 Å². The van der Waals surface area contributed by atoms with Crippen molar-refractivity contribution in [3.63, 3.8) is 0 Å². The molecule has 0 bridgehead atoms. The van der Waals surface area contributed by atoms with Crippen LogP contribution in [-0.2, 0) is 0 Å².